The number of carbonyl (C=O) groups is 1. The molecule has 0 fully saturated rings. The molecule has 2 N–H and O–H groups in total. The lowest BCUT2D eigenvalue weighted by atomic mass is 9.98. The molecule has 0 bridgehead atoms. The average Bonchev–Trinajstić information content (AvgIpc) is 2.39. The molecule has 0 radical (unpaired) electrons. The molecule has 0 spiro atoms. The number of carboxylic acid groups (broad SMARTS) is 1. The molecule has 1 aromatic rings. The van der Waals surface area contributed by atoms with Crippen molar-refractivity contribution < 1.29 is 14.6 Å². The second-order valence-corrected chi connectivity index (χ2v) is 4.73. The minimum absolute atomic E-state index is 0.382. The number of hydrogen-bond acceptors (Lipinski definition) is 3. The van der Waals surface area contributed by atoms with Crippen molar-refractivity contribution in [3.05, 3.63) is 29.8 Å². The predicted molar refractivity (Wildman–Crippen MR) is 75.6 cm³/mol. The molecule has 4 nitrogen and oxygen atoms in total. The standard InChI is InChI=1S/C15H23NO3/c1-4-12-8-6-7-9-13(12)19-11-10-15(3,14(17)18)16-5-2/h6-9,16H,4-5,10-11H2,1-3H3,(H,17,18). The maximum absolute atomic E-state index is 11.3. The smallest absolute Gasteiger partial charge is 0.323 e. The summed E-state index contributed by atoms with van der Waals surface area (Å²) >= 11 is 0. The van der Waals surface area contributed by atoms with E-state index in [0.29, 0.717) is 19.6 Å². The summed E-state index contributed by atoms with van der Waals surface area (Å²) in [6, 6.07) is 7.85. The zero-order valence-corrected chi connectivity index (χ0v) is 11.9. The molecule has 1 atom stereocenters. The molecule has 1 unspecified atom stereocenters. The van der Waals surface area contributed by atoms with Crippen molar-refractivity contribution in [3.63, 3.8) is 0 Å². The summed E-state index contributed by atoms with van der Waals surface area (Å²) in [7, 11) is 0. The Hall–Kier alpha value is -1.55. The summed E-state index contributed by atoms with van der Waals surface area (Å²) in [6.45, 7) is 6.66. The molecule has 0 aliphatic carbocycles. The van der Waals surface area contributed by atoms with Crippen LogP contribution in [0.3, 0.4) is 0 Å². The molecule has 0 saturated carbocycles. The fourth-order valence-corrected chi connectivity index (χ4v) is 1.96. The summed E-state index contributed by atoms with van der Waals surface area (Å²) in [5, 5.41) is 12.2. The highest BCUT2D eigenvalue weighted by molar-refractivity contribution is 5.78. The largest absolute Gasteiger partial charge is 0.493 e. The van der Waals surface area contributed by atoms with E-state index in [1.165, 1.54) is 0 Å². The number of aliphatic carboxylic acids is 1. The van der Waals surface area contributed by atoms with E-state index in [1.54, 1.807) is 6.92 Å². The first-order valence-electron chi connectivity index (χ1n) is 6.72. The SMILES string of the molecule is CCNC(C)(CCOc1ccccc1CC)C(=O)O. The van der Waals surface area contributed by atoms with Crippen LogP contribution in [0.4, 0.5) is 0 Å². The van der Waals surface area contributed by atoms with E-state index >= 15 is 0 Å². The third kappa shape index (κ3) is 4.24. The zero-order chi connectivity index (χ0) is 14.3. The number of aryl methyl sites for hydroxylation is 1. The number of nitrogens with one attached hydrogen (secondary N) is 1. The van der Waals surface area contributed by atoms with Gasteiger partial charge in [0.25, 0.3) is 0 Å². The topological polar surface area (TPSA) is 58.6 Å². The van der Waals surface area contributed by atoms with Gasteiger partial charge in [0.15, 0.2) is 0 Å². The molecule has 0 aliphatic rings. The Morgan fingerprint density at radius 1 is 1.37 bits per heavy atom. The van der Waals surface area contributed by atoms with Crippen LogP contribution in [0.15, 0.2) is 24.3 Å². The van der Waals surface area contributed by atoms with Crippen molar-refractivity contribution in [2.45, 2.75) is 39.2 Å². The molecule has 1 rings (SSSR count). The van der Waals surface area contributed by atoms with Gasteiger partial charge in [-0.15, -0.1) is 0 Å². The number of ether oxygens (including phenoxy) is 1. The van der Waals surface area contributed by atoms with E-state index in [0.717, 1.165) is 17.7 Å². The number of para-hydroxylation sites is 1. The second-order valence-electron chi connectivity index (χ2n) is 4.73. The molecule has 0 aromatic heterocycles. The van der Waals surface area contributed by atoms with Crippen LogP contribution in [-0.2, 0) is 11.2 Å². The molecule has 19 heavy (non-hydrogen) atoms. The molecule has 0 aliphatic heterocycles. The highest BCUT2D eigenvalue weighted by atomic mass is 16.5. The molecule has 0 saturated heterocycles. The number of carboxylic acids is 1. The number of hydrogen-bond donors (Lipinski definition) is 2. The lowest BCUT2D eigenvalue weighted by Crippen LogP contribution is -2.50. The maximum Gasteiger partial charge on any atom is 0.323 e. The first-order valence-corrected chi connectivity index (χ1v) is 6.72. The van der Waals surface area contributed by atoms with Crippen molar-refractivity contribution >= 4 is 5.97 Å². The Bertz CT molecular complexity index is 420. The van der Waals surface area contributed by atoms with Gasteiger partial charge < -0.3 is 15.2 Å². The predicted octanol–water partition coefficient (Wildman–Crippen LogP) is 2.47. The third-order valence-corrected chi connectivity index (χ3v) is 3.25. The highest BCUT2D eigenvalue weighted by Crippen LogP contribution is 2.19. The fourth-order valence-electron chi connectivity index (χ4n) is 1.96. The van der Waals surface area contributed by atoms with E-state index < -0.39 is 11.5 Å². The Morgan fingerprint density at radius 2 is 2.05 bits per heavy atom. The lowest BCUT2D eigenvalue weighted by molar-refractivity contribution is -0.144. The lowest BCUT2D eigenvalue weighted by Gasteiger charge is -2.25. The van der Waals surface area contributed by atoms with Gasteiger partial charge in [0, 0.05) is 6.42 Å². The summed E-state index contributed by atoms with van der Waals surface area (Å²) in [5.74, 6) is -0.00374. The highest BCUT2D eigenvalue weighted by Gasteiger charge is 2.31. The Kier molecular flexibility index (Phi) is 5.83. The van der Waals surface area contributed by atoms with Gasteiger partial charge in [0.1, 0.15) is 11.3 Å². The van der Waals surface area contributed by atoms with Gasteiger partial charge in [-0.1, -0.05) is 32.0 Å². The van der Waals surface area contributed by atoms with Crippen molar-refractivity contribution in [1.29, 1.82) is 0 Å². The number of rotatable bonds is 8. The first-order chi connectivity index (χ1) is 9.03. The van der Waals surface area contributed by atoms with Crippen LogP contribution in [0.2, 0.25) is 0 Å². The quantitative estimate of drug-likeness (QED) is 0.758. The Balaban J connectivity index is 2.59. The minimum atomic E-state index is -0.935. The van der Waals surface area contributed by atoms with Crippen LogP contribution < -0.4 is 10.1 Å². The summed E-state index contributed by atoms with van der Waals surface area (Å²) in [6.07, 6.45) is 1.33. The van der Waals surface area contributed by atoms with Crippen LogP contribution in [0.1, 0.15) is 32.8 Å². The van der Waals surface area contributed by atoms with Gasteiger partial charge in [0.05, 0.1) is 6.61 Å². The Labute approximate surface area is 114 Å². The van der Waals surface area contributed by atoms with E-state index in [1.807, 2.05) is 31.2 Å². The van der Waals surface area contributed by atoms with Gasteiger partial charge in [-0.3, -0.25) is 4.79 Å². The molecule has 4 heteroatoms. The van der Waals surface area contributed by atoms with Gasteiger partial charge in [-0.2, -0.15) is 0 Å². The molecule has 0 heterocycles. The third-order valence-electron chi connectivity index (χ3n) is 3.25. The van der Waals surface area contributed by atoms with E-state index in [9.17, 15) is 9.90 Å². The summed E-state index contributed by atoms with van der Waals surface area (Å²) < 4.78 is 5.72. The summed E-state index contributed by atoms with van der Waals surface area (Å²) in [5.41, 5.74) is 0.207. The van der Waals surface area contributed by atoms with Crippen LogP contribution in [0, 0.1) is 0 Å². The molecular weight excluding hydrogens is 242 g/mol. The second kappa shape index (κ2) is 7.14. The average molecular weight is 265 g/mol. The minimum Gasteiger partial charge on any atom is -0.493 e. The van der Waals surface area contributed by atoms with Crippen LogP contribution in [-0.4, -0.2) is 29.8 Å². The van der Waals surface area contributed by atoms with E-state index in [-0.39, 0.29) is 0 Å². The van der Waals surface area contributed by atoms with Crippen molar-refractivity contribution in [1.82, 2.24) is 5.32 Å². The van der Waals surface area contributed by atoms with Crippen molar-refractivity contribution in [2.24, 2.45) is 0 Å². The first kappa shape index (κ1) is 15.5. The molecular formula is C15H23NO3. The monoisotopic (exact) mass is 265 g/mol. The zero-order valence-electron chi connectivity index (χ0n) is 11.9. The van der Waals surface area contributed by atoms with Crippen molar-refractivity contribution in [3.8, 4) is 5.75 Å². The van der Waals surface area contributed by atoms with Crippen LogP contribution in [0.5, 0.6) is 5.75 Å². The molecule has 106 valence electrons. The van der Waals surface area contributed by atoms with Gasteiger partial charge >= 0.3 is 5.97 Å². The Morgan fingerprint density at radius 3 is 2.63 bits per heavy atom. The van der Waals surface area contributed by atoms with Crippen LogP contribution >= 0.6 is 0 Å². The maximum atomic E-state index is 11.3. The normalized spacial score (nSPS) is 13.8. The van der Waals surface area contributed by atoms with E-state index in [2.05, 4.69) is 12.2 Å². The van der Waals surface area contributed by atoms with Crippen molar-refractivity contribution in [2.75, 3.05) is 13.2 Å². The van der Waals surface area contributed by atoms with Gasteiger partial charge in [-0.25, -0.2) is 0 Å². The van der Waals surface area contributed by atoms with Gasteiger partial charge in [-0.05, 0) is 31.5 Å². The summed E-state index contributed by atoms with van der Waals surface area (Å²) in [4.78, 5) is 11.3. The number of benzene rings is 1. The van der Waals surface area contributed by atoms with Gasteiger partial charge in [0.2, 0.25) is 0 Å². The molecule has 1 aromatic carbocycles. The fraction of sp³-hybridized carbons (Fsp3) is 0.533. The number of likely N-dealkylation sites (N-methyl/N-ethyl adjacent to an activating group) is 1. The van der Waals surface area contributed by atoms with E-state index in [4.69, 9.17) is 4.74 Å². The molecule has 0 amide bonds. The van der Waals surface area contributed by atoms with Crippen LogP contribution in [0.25, 0.3) is 0 Å².